The molecule has 0 aromatic heterocycles. The van der Waals surface area contributed by atoms with E-state index in [1.165, 1.54) is 11.8 Å². The van der Waals surface area contributed by atoms with E-state index < -0.39 is 0 Å². The minimum atomic E-state index is 0.318. The fraction of sp³-hybridized carbons (Fsp3) is 0.750. The van der Waals surface area contributed by atoms with Gasteiger partial charge >= 0.3 is 0 Å². The summed E-state index contributed by atoms with van der Waals surface area (Å²) in [6.45, 7) is 0.867. The predicted octanol–water partition coefficient (Wildman–Crippen LogP) is 0.197. The molecule has 0 atom stereocenters. The van der Waals surface area contributed by atoms with Crippen molar-refractivity contribution in [2.24, 2.45) is 0 Å². The lowest BCUT2D eigenvalue weighted by Gasteiger charge is -2.07. The molecule has 0 radical (unpaired) electrons. The monoisotopic (exact) mass is 117 g/mol. The lowest BCUT2D eigenvalue weighted by molar-refractivity contribution is -0.111. The Balaban J connectivity index is 2.25. The largest absolute Gasteiger partial charge is 0.307 e. The Morgan fingerprint density at radius 1 is 1.71 bits per heavy atom. The molecule has 1 fully saturated rings. The maximum Gasteiger partial charge on any atom is 0.191 e. The molecular weight excluding hydrogens is 110 g/mol. The van der Waals surface area contributed by atoms with E-state index in [2.05, 4.69) is 5.32 Å². The molecule has 0 aromatic carbocycles. The van der Waals surface area contributed by atoms with Crippen LogP contribution in [0.5, 0.6) is 0 Å². The summed E-state index contributed by atoms with van der Waals surface area (Å²) in [6, 6.07) is 0. The maximum atomic E-state index is 10.4. The summed E-state index contributed by atoms with van der Waals surface area (Å²) < 4.78 is 0. The number of carbonyl (C=O) groups excluding carboxylic acids is 1. The summed E-state index contributed by atoms with van der Waals surface area (Å²) in [5.41, 5.74) is 0. The molecule has 1 saturated heterocycles. The van der Waals surface area contributed by atoms with Gasteiger partial charge in [0.2, 0.25) is 0 Å². The van der Waals surface area contributed by atoms with Gasteiger partial charge in [-0.2, -0.15) is 0 Å². The van der Waals surface area contributed by atoms with Crippen molar-refractivity contribution in [1.29, 1.82) is 0 Å². The average molecular weight is 117 g/mol. The topological polar surface area (TPSA) is 29.1 Å². The van der Waals surface area contributed by atoms with E-state index in [0.717, 1.165) is 12.4 Å². The Hall–Kier alpha value is -0.0200. The number of rotatable bonds is 0. The third-order valence-corrected chi connectivity index (χ3v) is 1.72. The molecule has 1 rings (SSSR count). The second-order valence-electron chi connectivity index (χ2n) is 1.41. The van der Waals surface area contributed by atoms with E-state index in [4.69, 9.17) is 0 Å². The number of carbonyl (C=O) groups is 1. The fourth-order valence-corrected chi connectivity index (χ4v) is 1.12. The molecule has 1 heterocycles. The lowest BCUT2D eigenvalue weighted by atomic mass is 10.5. The second-order valence-corrected chi connectivity index (χ2v) is 2.44. The zero-order chi connectivity index (χ0) is 5.11. The van der Waals surface area contributed by atoms with Gasteiger partial charge in [-0.1, -0.05) is 11.8 Å². The van der Waals surface area contributed by atoms with Crippen LogP contribution in [0.2, 0.25) is 0 Å². The normalized spacial score (nSPS) is 22.6. The number of hydrogen-bond acceptors (Lipinski definition) is 3. The highest BCUT2D eigenvalue weighted by molar-refractivity contribution is 8.13. The van der Waals surface area contributed by atoms with Crippen LogP contribution in [0.1, 0.15) is 6.42 Å². The number of hydrogen-bond donors (Lipinski definition) is 1. The first-order valence-electron chi connectivity index (χ1n) is 2.26. The first kappa shape index (κ1) is 5.12. The quantitative estimate of drug-likeness (QED) is 0.491. The van der Waals surface area contributed by atoms with Crippen LogP contribution in [-0.2, 0) is 4.79 Å². The highest BCUT2D eigenvalue weighted by Gasteiger charge is 2.05. The fourth-order valence-electron chi connectivity index (χ4n) is 0.466. The first-order valence-corrected chi connectivity index (χ1v) is 3.24. The van der Waals surface area contributed by atoms with Crippen molar-refractivity contribution in [2.75, 3.05) is 12.4 Å². The predicted molar refractivity (Wildman–Crippen MR) is 30.1 cm³/mol. The standard InChI is InChI=1S/C4H7NOS/c6-4-1-2-5-3-7-4/h5H,1-3H2. The summed E-state index contributed by atoms with van der Waals surface area (Å²) in [6.07, 6.45) is 0.699. The number of thioether (sulfide) groups is 1. The SMILES string of the molecule is O=C1CCNCS1. The van der Waals surface area contributed by atoms with Gasteiger partial charge in [-0.15, -0.1) is 0 Å². The summed E-state index contributed by atoms with van der Waals surface area (Å²) in [5.74, 6) is 0.804. The maximum absolute atomic E-state index is 10.4. The highest BCUT2D eigenvalue weighted by Crippen LogP contribution is 2.06. The van der Waals surface area contributed by atoms with E-state index in [1.54, 1.807) is 0 Å². The Labute approximate surface area is 46.7 Å². The Kier molecular flexibility index (Phi) is 1.70. The summed E-state index contributed by atoms with van der Waals surface area (Å²) in [4.78, 5) is 10.4. The minimum absolute atomic E-state index is 0.318. The van der Waals surface area contributed by atoms with Gasteiger partial charge in [-0.3, -0.25) is 4.79 Å². The Morgan fingerprint density at radius 2 is 2.57 bits per heavy atom. The van der Waals surface area contributed by atoms with Gasteiger partial charge in [0.05, 0.1) is 0 Å². The molecule has 0 bridgehead atoms. The molecule has 0 spiro atoms. The smallest absolute Gasteiger partial charge is 0.191 e. The van der Waals surface area contributed by atoms with Gasteiger partial charge in [0.25, 0.3) is 0 Å². The molecule has 3 heteroatoms. The van der Waals surface area contributed by atoms with Crippen molar-refractivity contribution < 1.29 is 4.79 Å². The van der Waals surface area contributed by atoms with E-state index in [0.29, 0.717) is 11.5 Å². The average Bonchev–Trinajstić information content (AvgIpc) is 1.69. The van der Waals surface area contributed by atoms with Crippen molar-refractivity contribution in [2.45, 2.75) is 6.42 Å². The zero-order valence-corrected chi connectivity index (χ0v) is 4.75. The molecule has 1 N–H and O–H groups in total. The molecule has 0 amide bonds. The van der Waals surface area contributed by atoms with Crippen molar-refractivity contribution in [3.63, 3.8) is 0 Å². The van der Waals surface area contributed by atoms with Crippen LogP contribution < -0.4 is 5.32 Å². The van der Waals surface area contributed by atoms with Gasteiger partial charge in [0.1, 0.15) is 0 Å². The summed E-state index contributed by atoms with van der Waals surface area (Å²) in [7, 11) is 0. The molecule has 40 valence electrons. The van der Waals surface area contributed by atoms with Gasteiger partial charge in [-0.25, -0.2) is 0 Å². The highest BCUT2D eigenvalue weighted by atomic mass is 32.2. The van der Waals surface area contributed by atoms with Crippen LogP contribution in [0.4, 0.5) is 0 Å². The number of nitrogens with one attached hydrogen (secondary N) is 1. The third-order valence-electron chi connectivity index (χ3n) is 0.841. The van der Waals surface area contributed by atoms with Gasteiger partial charge in [-0.05, 0) is 0 Å². The summed E-state index contributed by atoms with van der Waals surface area (Å²) >= 11 is 1.37. The van der Waals surface area contributed by atoms with Crippen LogP contribution in [0.3, 0.4) is 0 Å². The molecule has 1 aliphatic heterocycles. The Bertz CT molecular complexity index is 75.8. The summed E-state index contributed by atoms with van der Waals surface area (Å²) in [5, 5.41) is 3.38. The Morgan fingerprint density at radius 3 is 2.86 bits per heavy atom. The molecule has 2 nitrogen and oxygen atoms in total. The van der Waals surface area contributed by atoms with E-state index in [-0.39, 0.29) is 0 Å². The van der Waals surface area contributed by atoms with Gasteiger partial charge in [0.15, 0.2) is 5.12 Å². The van der Waals surface area contributed by atoms with Crippen LogP contribution in [0.15, 0.2) is 0 Å². The van der Waals surface area contributed by atoms with Gasteiger partial charge in [0, 0.05) is 18.8 Å². The molecule has 7 heavy (non-hydrogen) atoms. The van der Waals surface area contributed by atoms with Crippen molar-refractivity contribution in [1.82, 2.24) is 5.32 Å². The van der Waals surface area contributed by atoms with Crippen LogP contribution in [-0.4, -0.2) is 17.5 Å². The zero-order valence-electron chi connectivity index (χ0n) is 3.94. The molecule has 0 aliphatic carbocycles. The van der Waals surface area contributed by atoms with Crippen molar-refractivity contribution in [3.8, 4) is 0 Å². The third kappa shape index (κ3) is 1.49. The molecule has 1 aliphatic rings. The van der Waals surface area contributed by atoms with Crippen LogP contribution in [0.25, 0.3) is 0 Å². The molecule has 0 unspecified atom stereocenters. The molecular formula is C4H7NOS. The second kappa shape index (κ2) is 2.33. The minimum Gasteiger partial charge on any atom is -0.307 e. The van der Waals surface area contributed by atoms with E-state index >= 15 is 0 Å². The van der Waals surface area contributed by atoms with Crippen LogP contribution >= 0.6 is 11.8 Å². The van der Waals surface area contributed by atoms with E-state index in [9.17, 15) is 4.79 Å². The van der Waals surface area contributed by atoms with E-state index in [1.807, 2.05) is 0 Å². The van der Waals surface area contributed by atoms with Crippen molar-refractivity contribution >= 4 is 16.9 Å². The lowest BCUT2D eigenvalue weighted by Crippen LogP contribution is -2.23. The van der Waals surface area contributed by atoms with Crippen molar-refractivity contribution in [3.05, 3.63) is 0 Å². The molecule has 0 saturated carbocycles. The first-order chi connectivity index (χ1) is 3.39. The molecule has 0 aromatic rings. The van der Waals surface area contributed by atoms with Gasteiger partial charge < -0.3 is 5.32 Å². The van der Waals surface area contributed by atoms with Crippen LogP contribution in [0, 0.1) is 0 Å².